The van der Waals surface area contributed by atoms with Crippen molar-refractivity contribution in [2.75, 3.05) is 12.0 Å². The van der Waals surface area contributed by atoms with E-state index >= 15 is 0 Å². The molecule has 1 atom stereocenters. The molecule has 4 heteroatoms. The lowest BCUT2D eigenvalue weighted by Gasteiger charge is -2.35. The smallest absolute Gasteiger partial charge is 0.320 e. The molecule has 0 rings (SSSR count). The number of nitrogens with zero attached hydrogens (tertiary/aromatic N) is 1. The molecule has 0 saturated heterocycles. The van der Waals surface area contributed by atoms with Crippen molar-refractivity contribution in [3.63, 3.8) is 0 Å². The predicted octanol–water partition coefficient (Wildman–Crippen LogP) is 2.31. The third-order valence-electron chi connectivity index (χ3n) is 2.43. The summed E-state index contributed by atoms with van der Waals surface area (Å²) in [6.07, 6.45) is 2.72. The van der Waals surface area contributed by atoms with Crippen molar-refractivity contribution in [1.29, 1.82) is 0 Å². The van der Waals surface area contributed by atoms with Gasteiger partial charge in [0.15, 0.2) is 0 Å². The fourth-order valence-corrected chi connectivity index (χ4v) is 2.40. The Labute approximate surface area is 97.2 Å². The van der Waals surface area contributed by atoms with E-state index in [-0.39, 0.29) is 18.1 Å². The predicted molar refractivity (Wildman–Crippen MR) is 66.5 cm³/mol. The van der Waals surface area contributed by atoms with Gasteiger partial charge in [-0.25, -0.2) is 0 Å². The Hall–Kier alpha value is -0.220. The maximum atomic E-state index is 11.2. The number of rotatable bonds is 7. The monoisotopic (exact) mass is 233 g/mol. The fraction of sp³-hybridized carbons (Fsp3) is 0.909. The normalized spacial score (nSPS) is 13.9. The zero-order chi connectivity index (χ0) is 12.0. The Morgan fingerprint density at radius 1 is 1.27 bits per heavy atom. The molecule has 3 nitrogen and oxygen atoms in total. The second-order valence-electron chi connectivity index (χ2n) is 4.27. The highest BCUT2D eigenvalue weighted by Gasteiger charge is 2.28. The summed E-state index contributed by atoms with van der Waals surface area (Å²) in [5.74, 6) is 0.193. The molecule has 0 aliphatic carbocycles. The van der Waals surface area contributed by atoms with E-state index in [1.807, 2.05) is 6.26 Å². The Balaban J connectivity index is 4.60. The first-order valence-electron chi connectivity index (χ1n) is 5.41. The van der Waals surface area contributed by atoms with Crippen LogP contribution in [-0.2, 0) is 4.79 Å². The molecule has 1 unspecified atom stereocenters. The summed E-state index contributed by atoms with van der Waals surface area (Å²) in [6.45, 7) is 8.20. The molecule has 0 spiro atoms. The van der Waals surface area contributed by atoms with Gasteiger partial charge in [-0.1, -0.05) is 0 Å². The Bertz CT molecular complexity index is 187. The van der Waals surface area contributed by atoms with Gasteiger partial charge in [-0.2, -0.15) is 11.8 Å². The first-order chi connectivity index (χ1) is 6.91. The first kappa shape index (κ1) is 14.8. The molecule has 0 aromatic carbocycles. The number of carboxylic acid groups (broad SMARTS) is 1. The van der Waals surface area contributed by atoms with Crippen LogP contribution in [0.15, 0.2) is 0 Å². The second kappa shape index (κ2) is 7.12. The highest BCUT2D eigenvalue weighted by Crippen LogP contribution is 2.15. The SMILES string of the molecule is CSCCC(C(=O)O)N(C(C)C)C(C)C. The number of hydrogen-bond donors (Lipinski definition) is 1. The third kappa shape index (κ3) is 4.89. The number of carboxylic acids is 1. The van der Waals surface area contributed by atoms with Crippen molar-refractivity contribution in [3.8, 4) is 0 Å². The van der Waals surface area contributed by atoms with Crippen LogP contribution in [0, 0.1) is 0 Å². The lowest BCUT2D eigenvalue weighted by molar-refractivity contribution is -0.145. The van der Waals surface area contributed by atoms with Crippen LogP contribution in [0.3, 0.4) is 0 Å². The van der Waals surface area contributed by atoms with Crippen LogP contribution in [-0.4, -0.2) is 46.1 Å². The molecule has 0 amide bonds. The van der Waals surface area contributed by atoms with Crippen molar-refractivity contribution in [1.82, 2.24) is 4.90 Å². The summed E-state index contributed by atoms with van der Waals surface area (Å²) < 4.78 is 0. The van der Waals surface area contributed by atoms with Crippen LogP contribution >= 0.6 is 11.8 Å². The van der Waals surface area contributed by atoms with Crippen molar-refractivity contribution in [3.05, 3.63) is 0 Å². The highest BCUT2D eigenvalue weighted by atomic mass is 32.2. The topological polar surface area (TPSA) is 40.5 Å². The molecule has 0 radical (unpaired) electrons. The number of aliphatic carboxylic acids is 1. The molecule has 0 fully saturated rings. The molecule has 0 heterocycles. The van der Waals surface area contributed by atoms with E-state index in [4.69, 9.17) is 0 Å². The van der Waals surface area contributed by atoms with Crippen LogP contribution in [0.1, 0.15) is 34.1 Å². The van der Waals surface area contributed by atoms with Gasteiger partial charge >= 0.3 is 5.97 Å². The molecular formula is C11H23NO2S. The van der Waals surface area contributed by atoms with Crippen molar-refractivity contribution in [2.24, 2.45) is 0 Å². The van der Waals surface area contributed by atoms with Gasteiger partial charge < -0.3 is 5.11 Å². The Morgan fingerprint density at radius 3 is 2.00 bits per heavy atom. The minimum absolute atomic E-state index is 0.271. The minimum Gasteiger partial charge on any atom is -0.480 e. The molecule has 15 heavy (non-hydrogen) atoms. The largest absolute Gasteiger partial charge is 0.480 e. The lowest BCUT2D eigenvalue weighted by atomic mass is 10.1. The lowest BCUT2D eigenvalue weighted by Crippen LogP contribution is -2.49. The van der Waals surface area contributed by atoms with Crippen LogP contribution in [0.4, 0.5) is 0 Å². The van der Waals surface area contributed by atoms with Gasteiger partial charge in [0.1, 0.15) is 6.04 Å². The standard InChI is InChI=1S/C11H23NO2S/c1-8(2)12(9(3)4)10(11(13)14)6-7-15-5/h8-10H,6-7H2,1-5H3,(H,13,14). The van der Waals surface area contributed by atoms with Crippen molar-refractivity contribution >= 4 is 17.7 Å². The van der Waals surface area contributed by atoms with Gasteiger partial charge in [-0.3, -0.25) is 9.69 Å². The zero-order valence-corrected chi connectivity index (χ0v) is 11.2. The summed E-state index contributed by atoms with van der Waals surface area (Å²) in [7, 11) is 0. The average molecular weight is 233 g/mol. The van der Waals surface area contributed by atoms with Crippen molar-refractivity contribution in [2.45, 2.75) is 52.2 Å². The van der Waals surface area contributed by atoms with E-state index in [0.29, 0.717) is 6.42 Å². The Kier molecular flexibility index (Phi) is 7.02. The quantitative estimate of drug-likeness (QED) is 0.732. The molecule has 0 saturated carbocycles. The molecule has 0 aromatic heterocycles. The van der Waals surface area contributed by atoms with Gasteiger partial charge in [0.2, 0.25) is 0 Å². The average Bonchev–Trinajstić information content (AvgIpc) is 2.09. The van der Waals surface area contributed by atoms with Crippen LogP contribution in [0.2, 0.25) is 0 Å². The minimum atomic E-state index is -0.702. The maximum Gasteiger partial charge on any atom is 0.320 e. The molecule has 0 aliphatic heterocycles. The first-order valence-corrected chi connectivity index (χ1v) is 6.80. The summed E-state index contributed by atoms with van der Waals surface area (Å²) in [6, 6.07) is 0.193. The molecule has 1 N–H and O–H groups in total. The van der Waals surface area contributed by atoms with E-state index < -0.39 is 5.97 Å². The summed E-state index contributed by atoms with van der Waals surface area (Å²) in [5, 5.41) is 9.22. The number of hydrogen-bond acceptors (Lipinski definition) is 3. The molecule has 0 bridgehead atoms. The van der Waals surface area contributed by atoms with E-state index in [1.54, 1.807) is 11.8 Å². The summed E-state index contributed by atoms with van der Waals surface area (Å²) >= 11 is 1.70. The molecular weight excluding hydrogens is 210 g/mol. The van der Waals surface area contributed by atoms with Crippen LogP contribution < -0.4 is 0 Å². The molecule has 90 valence electrons. The van der Waals surface area contributed by atoms with Crippen LogP contribution in [0.5, 0.6) is 0 Å². The fourth-order valence-electron chi connectivity index (χ4n) is 1.95. The van der Waals surface area contributed by atoms with Crippen LogP contribution in [0.25, 0.3) is 0 Å². The molecule has 0 aromatic rings. The van der Waals surface area contributed by atoms with E-state index in [1.165, 1.54) is 0 Å². The zero-order valence-electron chi connectivity index (χ0n) is 10.4. The number of thioether (sulfide) groups is 1. The maximum absolute atomic E-state index is 11.2. The summed E-state index contributed by atoms with van der Waals surface area (Å²) in [5.41, 5.74) is 0. The van der Waals surface area contributed by atoms with Gasteiger partial charge in [0.25, 0.3) is 0 Å². The van der Waals surface area contributed by atoms with E-state index in [9.17, 15) is 9.90 Å². The van der Waals surface area contributed by atoms with Crippen molar-refractivity contribution < 1.29 is 9.90 Å². The third-order valence-corrected chi connectivity index (χ3v) is 3.08. The van der Waals surface area contributed by atoms with E-state index in [0.717, 1.165) is 5.75 Å². The Morgan fingerprint density at radius 2 is 1.73 bits per heavy atom. The van der Waals surface area contributed by atoms with Gasteiger partial charge in [0, 0.05) is 12.1 Å². The summed E-state index contributed by atoms with van der Waals surface area (Å²) in [4.78, 5) is 13.3. The number of carbonyl (C=O) groups is 1. The molecule has 0 aliphatic rings. The van der Waals surface area contributed by atoms with Gasteiger partial charge in [-0.15, -0.1) is 0 Å². The second-order valence-corrected chi connectivity index (χ2v) is 5.26. The van der Waals surface area contributed by atoms with Gasteiger partial charge in [0.05, 0.1) is 0 Å². The highest BCUT2D eigenvalue weighted by molar-refractivity contribution is 7.98. The van der Waals surface area contributed by atoms with E-state index in [2.05, 4.69) is 32.6 Å². The van der Waals surface area contributed by atoms with Gasteiger partial charge in [-0.05, 0) is 46.1 Å².